The monoisotopic (exact) mass is 267 g/mol. The number of ketones is 1. The summed E-state index contributed by atoms with van der Waals surface area (Å²) >= 11 is 0. The van der Waals surface area contributed by atoms with Gasteiger partial charge in [-0.2, -0.15) is 0 Å². The summed E-state index contributed by atoms with van der Waals surface area (Å²) in [5.74, 6) is -1.13. The molecule has 2 aromatic rings. The number of anilines is 1. The van der Waals surface area contributed by atoms with Crippen LogP contribution < -0.4 is 5.32 Å². The summed E-state index contributed by atoms with van der Waals surface area (Å²) in [6, 6.07) is 14.5. The van der Waals surface area contributed by atoms with Crippen LogP contribution in [-0.2, 0) is 11.2 Å². The predicted molar refractivity (Wildman–Crippen MR) is 80.0 cm³/mol. The lowest BCUT2D eigenvalue weighted by molar-refractivity contribution is -0.112. The molecule has 1 amide bonds. The van der Waals surface area contributed by atoms with E-state index in [0.717, 1.165) is 17.5 Å². The maximum absolute atomic E-state index is 12.0. The Hall–Kier alpha value is -2.42. The molecule has 0 saturated heterocycles. The molecule has 0 spiro atoms. The fourth-order valence-corrected chi connectivity index (χ4v) is 1.89. The van der Waals surface area contributed by atoms with Gasteiger partial charge in [-0.15, -0.1) is 0 Å². The highest BCUT2D eigenvalue weighted by molar-refractivity contribution is 6.46. The van der Waals surface area contributed by atoms with Crippen molar-refractivity contribution in [3.05, 3.63) is 65.2 Å². The van der Waals surface area contributed by atoms with E-state index in [9.17, 15) is 9.59 Å². The summed E-state index contributed by atoms with van der Waals surface area (Å²) in [7, 11) is 0. The first kappa shape index (κ1) is 14.0. The molecule has 0 aliphatic carbocycles. The van der Waals surface area contributed by atoms with E-state index in [1.54, 1.807) is 18.2 Å². The lowest BCUT2D eigenvalue weighted by Gasteiger charge is -2.06. The van der Waals surface area contributed by atoms with E-state index in [4.69, 9.17) is 0 Å². The van der Waals surface area contributed by atoms with Crippen LogP contribution in [0.2, 0.25) is 0 Å². The average Bonchev–Trinajstić information content (AvgIpc) is 2.47. The van der Waals surface area contributed by atoms with Crippen LogP contribution in [0.5, 0.6) is 0 Å². The highest BCUT2D eigenvalue weighted by Gasteiger charge is 2.16. The number of carbonyl (C=O) groups is 2. The van der Waals surface area contributed by atoms with E-state index in [-0.39, 0.29) is 0 Å². The Morgan fingerprint density at radius 3 is 2.40 bits per heavy atom. The Labute approximate surface area is 118 Å². The number of Topliss-reactive ketones (excluding diaryl/α,β-unsaturated/α-hetero) is 1. The van der Waals surface area contributed by atoms with Gasteiger partial charge in [-0.3, -0.25) is 9.59 Å². The third kappa shape index (κ3) is 3.32. The Morgan fingerprint density at radius 2 is 1.75 bits per heavy atom. The van der Waals surface area contributed by atoms with Crippen molar-refractivity contribution in [2.24, 2.45) is 0 Å². The summed E-state index contributed by atoms with van der Waals surface area (Å²) in [5.41, 5.74) is 3.22. The number of rotatable bonds is 4. The fourth-order valence-electron chi connectivity index (χ4n) is 1.89. The fraction of sp³-hybridized carbons (Fsp3) is 0.176. The maximum atomic E-state index is 12.0. The predicted octanol–water partition coefficient (Wildman–Crippen LogP) is 3.38. The molecule has 102 valence electrons. The van der Waals surface area contributed by atoms with Gasteiger partial charge in [0.2, 0.25) is 0 Å². The van der Waals surface area contributed by atoms with Crippen LogP contribution in [0.3, 0.4) is 0 Å². The highest BCUT2D eigenvalue weighted by Crippen LogP contribution is 2.12. The number of benzene rings is 2. The van der Waals surface area contributed by atoms with Crippen molar-refractivity contribution in [3.8, 4) is 0 Å². The normalized spacial score (nSPS) is 10.1. The van der Waals surface area contributed by atoms with Gasteiger partial charge < -0.3 is 5.32 Å². The second-order valence-electron chi connectivity index (χ2n) is 4.70. The molecule has 0 heterocycles. The van der Waals surface area contributed by atoms with Crippen LogP contribution in [0.1, 0.15) is 28.4 Å². The smallest absolute Gasteiger partial charge is 0.296 e. The molecule has 3 nitrogen and oxygen atoms in total. The highest BCUT2D eigenvalue weighted by atomic mass is 16.2. The van der Waals surface area contributed by atoms with Crippen LogP contribution in [0.4, 0.5) is 5.69 Å². The first-order chi connectivity index (χ1) is 9.60. The van der Waals surface area contributed by atoms with E-state index >= 15 is 0 Å². The minimum absolute atomic E-state index is 0.403. The minimum atomic E-state index is -0.609. The molecule has 20 heavy (non-hydrogen) atoms. The minimum Gasteiger partial charge on any atom is -0.319 e. The van der Waals surface area contributed by atoms with Crippen LogP contribution in [0.15, 0.2) is 48.5 Å². The van der Waals surface area contributed by atoms with Gasteiger partial charge in [0, 0.05) is 11.3 Å². The largest absolute Gasteiger partial charge is 0.319 e. The van der Waals surface area contributed by atoms with Crippen molar-refractivity contribution in [1.29, 1.82) is 0 Å². The van der Waals surface area contributed by atoms with Gasteiger partial charge in [0.05, 0.1) is 0 Å². The molecule has 2 aromatic carbocycles. The van der Waals surface area contributed by atoms with E-state index in [0.29, 0.717) is 11.3 Å². The second kappa shape index (κ2) is 6.15. The Balaban J connectivity index is 2.11. The molecule has 3 heteroatoms. The van der Waals surface area contributed by atoms with Gasteiger partial charge in [0.15, 0.2) is 0 Å². The third-order valence-corrected chi connectivity index (χ3v) is 3.11. The Morgan fingerprint density at radius 1 is 1.05 bits per heavy atom. The van der Waals surface area contributed by atoms with E-state index in [1.165, 1.54) is 0 Å². The summed E-state index contributed by atoms with van der Waals surface area (Å²) < 4.78 is 0. The zero-order chi connectivity index (χ0) is 14.5. The zero-order valence-electron chi connectivity index (χ0n) is 11.6. The van der Waals surface area contributed by atoms with Crippen molar-refractivity contribution in [1.82, 2.24) is 0 Å². The molecular formula is C17H17NO2. The maximum Gasteiger partial charge on any atom is 0.296 e. The van der Waals surface area contributed by atoms with Crippen LogP contribution >= 0.6 is 0 Å². The molecule has 1 N–H and O–H groups in total. The number of hydrogen-bond donors (Lipinski definition) is 1. The van der Waals surface area contributed by atoms with Gasteiger partial charge in [-0.25, -0.2) is 0 Å². The molecule has 0 bridgehead atoms. The van der Waals surface area contributed by atoms with Crippen molar-refractivity contribution in [3.63, 3.8) is 0 Å². The van der Waals surface area contributed by atoms with Gasteiger partial charge in [-0.05, 0) is 31.0 Å². The van der Waals surface area contributed by atoms with Crippen molar-refractivity contribution in [2.75, 3.05) is 5.32 Å². The Kier molecular flexibility index (Phi) is 4.31. The van der Waals surface area contributed by atoms with E-state index in [1.807, 2.05) is 44.2 Å². The van der Waals surface area contributed by atoms with Crippen LogP contribution in [0, 0.1) is 6.92 Å². The lowest BCUT2D eigenvalue weighted by Crippen LogP contribution is -2.22. The van der Waals surface area contributed by atoms with Crippen molar-refractivity contribution >= 4 is 17.4 Å². The first-order valence-electron chi connectivity index (χ1n) is 6.61. The second-order valence-corrected chi connectivity index (χ2v) is 4.70. The molecule has 0 aliphatic heterocycles. The van der Waals surface area contributed by atoms with E-state index in [2.05, 4.69) is 5.32 Å². The Bertz CT molecular complexity index is 630. The first-order valence-corrected chi connectivity index (χ1v) is 6.61. The number of amides is 1. The zero-order valence-corrected chi connectivity index (χ0v) is 11.6. The number of carbonyl (C=O) groups excluding carboxylic acids is 2. The average molecular weight is 267 g/mol. The van der Waals surface area contributed by atoms with Gasteiger partial charge >= 0.3 is 0 Å². The molecule has 0 aliphatic rings. The molecule has 2 rings (SSSR count). The number of hydrogen-bond acceptors (Lipinski definition) is 2. The summed E-state index contributed by atoms with van der Waals surface area (Å²) in [6.45, 7) is 3.98. The van der Waals surface area contributed by atoms with Gasteiger partial charge in [0.1, 0.15) is 0 Å². The van der Waals surface area contributed by atoms with Crippen LogP contribution in [-0.4, -0.2) is 11.7 Å². The molecule has 0 atom stereocenters. The number of aryl methyl sites for hydroxylation is 2. The van der Waals surface area contributed by atoms with Crippen LogP contribution in [0.25, 0.3) is 0 Å². The lowest BCUT2D eigenvalue weighted by atomic mass is 10.1. The number of nitrogens with one attached hydrogen (secondary N) is 1. The molecule has 0 unspecified atom stereocenters. The molecule has 0 aromatic heterocycles. The molecule has 0 fully saturated rings. The van der Waals surface area contributed by atoms with Gasteiger partial charge in [0.25, 0.3) is 11.7 Å². The molecule has 0 radical (unpaired) electrons. The standard InChI is InChI=1S/C17H17NO2/c1-3-13-5-4-6-15(11-13)18-17(20)16(19)14-9-7-12(2)8-10-14/h4-11H,3H2,1-2H3,(H,18,20). The molecular weight excluding hydrogens is 250 g/mol. The SMILES string of the molecule is CCc1cccc(NC(=O)C(=O)c2ccc(C)cc2)c1. The van der Waals surface area contributed by atoms with Crippen molar-refractivity contribution in [2.45, 2.75) is 20.3 Å². The third-order valence-electron chi connectivity index (χ3n) is 3.11. The van der Waals surface area contributed by atoms with Gasteiger partial charge in [-0.1, -0.05) is 48.9 Å². The molecule has 0 saturated carbocycles. The summed E-state index contributed by atoms with van der Waals surface area (Å²) in [6.07, 6.45) is 0.885. The topological polar surface area (TPSA) is 46.2 Å². The summed E-state index contributed by atoms with van der Waals surface area (Å²) in [4.78, 5) is 23.9. The van der Waals surface area contributed by atoms with E-state index < -0.39 is 11.7 Å². The quantitative estimate of drug-likeness (QED) is 0.682. The van der Waals surface area contributed by atoms with Crippen molar-refractivity contribution < 1.29 is 9.59 Å². The summed E-state index contributed by atoms with van der Waals surface area (Å²) in [5, 5.41) is 2.64.